The summed E-state index contributed by atoms with van der Waals surface area (Å²) in [6.07, 6.45) is 8.03. The summed E-state index contributed by atoms with van der Waals surface area (Å²) in [6.45, 7) is 0.370. The number of carbonyl (C=O) groups is 1. The lowest BCUT2D eigenvalue weighted by Crippen LogP contribution is -2.51. The van der Waals surface area contributed by atoms with Crippen LogP contribution in [0.25, 0.3) is 16.7 Å². The average molecular weight is 466 g/mol. The molecule has 6 rings (SSSR count). The maximum atomic E-state index is 13.4. The van der Waals surface area contributed by atoms with Crippen LogP contribution >= 0.6 is 0 Å². The number of fused-ring (bicyclic) bond motifs is 5. The third-order valence-corrected chi connectivity index (χ3v) is 7.76. The van der Waals surface area contributed by atoms with Gasteiger partial charge in [0.2, 0.25) is 0 Å². The molecule has 0 spiro atoms. The molecule has 3 aromatic rings. The number of hydrogen-bond donors (Lipinski definition) is 0. The Labute approximate surface area is 207 Å². The molecule has 2 unspecified atom stereocenters. The Kier molecular flexibility index (Phi) is 5.56. The van der Waals surface area contributed by atoms with Crippen LogP contribution in [0.2, 0.25) is 0 Å². The van der Waals surface area contributed by atoms with E-state index in [0.29, 0.717) is 6.61 Å². The van der Waals surface area contributed by atoms with Gasteiger partial charge in [-0.2, -0.15) is 0 Å². The molecule has 1 aromatic heterocycles. The number of carbonyl (C=O) groups excluding carboxylic acids is 1. The molecule has 35 heavy (non-hydrogen) atoms. The van der Waals surface area contributed by atoms with Gasteiger partial charge in [0.15, 0.2) is 0 Å². The number of nitrogens with zero attached hydrogens (tertiary/aromatic N) is 3. The van der Waals surface area contributed by atoms with Crippen molar-refractivity contribution in [3.8, 4) is 11.1 Å². The molecule has 5 nitrogen and oxygen atoms in total. The van der Waals surface area contributed by atoms with Crippen LogP contribution in [0.3, 0.4) is 0 Å². The molecule has 1 fully saturated rings. The molecule has 3 aliphatic rings. The van der Waals surface area contributed by atoms with Gasteiger partial charge in [-0.15, -0.1) is 0 Å². The fourth-order valence-electron chi connectivity index (χ4n) is 6.04. The Balaban J connectivity index is 1.20. The number of pyridine rings is 1. The van der Waals surface area contributed by atoms with Gasteiger partial charge in [-0.3, -0.25) is 4.90 Å². The molecule has 0 radical (unpaired) electrons. The van der Waals surface area contributed by atoms with Gasteiger partial charge in [0.05, 0.1) is 6.04 Å². The van der Waals surface area contributed by atoms with E-state index < -0.39 is 0 Å². The number of aromatic nitrogens is 1. The lowest BCUT2D eigenvalue weighted by atomic mass is 9.83. The van der Waals surface area contributed by atoms with E-state index in [1.54, 1.807) is 0 Å². The van der Waals surface area contributed by atoms with Gasteiger partial charge in [-0.25, -0.2) is 9.78 Å². The fraction of sp³-hybridized carbons (Fsp3) is 0.333. The molecular weight excluding hydrogens is 434 g/mol. The van der Waals surface area contributed by atoms with Gasteiger partial charge >= 0.3 is 6.09 Å². The molecular formula is C30H31N3O2. The zero-order chi connectivity index (χ0) is 23.9. The van der Waals surface area contributed by atoms with Crippen LogP contribution in [0.15, 0.2) is 72.9 Å². The van der Waals surface area contributed by atoms with E-state index in [9.17, 15) is 4.79 Å². The predicted octanol–water partition coefficient (Wildman–Crippen LogP) is 6.11. The van der Waals surface area contributed by atoms with Crippen molar-refractivity contribution in [2.24, 2.45) is 0 Å². The van der Waals surface area contributed by atoms with E-state index in [2.05, 4.69) is 71.7 Å². The van der Waals surface area contributed by atoms with Crippen LogP contribution in [0.1, 0.15) is 48.3 Å². The Morgan fingerprint density at radius 1 is 1.00 bits per heavy atom. The van der Waals surface area contributed by atoms with Crippen LogP contribution in [0, 0.1) is 0 Å². The van der Waals surface area contributed by atoms with Gasteiger partial charge in [0.25, 0.3) is 0 Å². The molecule has 1 aliphatic carbocycles. The van der Waals surface area contributed by atoms with Crippen molar-refractivity contribution >= 4 is 17.5 Å². The molecule has 2 atom stereocenters. The van der Waals surface area contributed by atoms with Crippen LogP contribution in [0.5, 0.6) is 0 Å². The molecule has 2 bridgehead atoms. The summed E-state index contributed by atoms with van der Waals surface area (Å²) in [5.41, 5.74) is 7.44. The van der Waals surface area contributed by atoms with E-state index in [4.69, 9.17) is 4.74 Å². The smallest absolute Gasteiger partial charge is 0.410 e. The van der Waals surface area contributed by atoms with Gasteiger partial charge in [0, 0.05) is 32.3 Å². The molecule has 178 valence electrons. The number of amides is 1. The Morgan fingerprint density at radius 2 is 1.71 bits per heavy atom. The lowest BCUT2D eigenvalue weighted by Gasteiger charge is -2.44. The first-order chi connectivity index (χ1) is 17.1. The van der Waals surface area contributed by atoms with Crippen molar-refractivity contribution in [1.82, 2.24) is 9.88 Å². The number of hydrogen-bond acceptors (Lipinski definition) is 4. The summed E-state index contributed by atoms with van der Waals surface area (Å²) in [4.78, 5) is 22.0. The van der Waals surface area contributed by atoms with Crippen molar-refractivity contribution in [3.05, 3.63) is 89.6 Å². The average Bonchev–Trinajstić information content (AvgIpc) is 3.20. The zero-order valence-electron chi connectivity index (χ0n) is 20.4. The topological polar surface area (TPSA) is 45.7 Å². The molecule has 1 amide bonds. The second-order valence-electron chi connectivity index (χ2n) is 10.1. The predicted molar refractivity (Wildman–Crippen MR) is 139 cm³/mol. The van der Waals surface area contributed by atoms with Crippen molar-refractivity contribution in [1.29, 1.82) is 0 Å². The lowest BCUT2D eigenvalue weighted by molar-refractivity contribution is 0.0539. The largest absolute Gasteiger partial charge is 0.448 e. The second-order valence-corrected chi connectivity index (χ2v) is 10.1. The third kappa shape index (κ3) is 3.89. The SMILES string of the molecule is CN(C)c1ccc(C2=CC3CCCC(C2)N3C(=O)OCC2c3ccccc3-c3ccccc32)cn1. The van der Waals surface area contributed by atoms with Crippen molar-refractivity contribution in [2.45, 2.75) is 43.7 Å². The summed E-state index contributed by atoms with van der Waals surface area (Å²) in [7, 11) is 4.00. The Morgan fingerprint density at radius 3 is 2.34 bits per heavy atom. The first kappa shape index (κ1) is 21.9. The van der Waals surface area contributed by atoms with Crippen LogP contribution in [-0.4, -0.2) is 48.8 Å². The summed E-state index contributed by atoms with van der Waals surface area (Å²) in [6, 6.07) is 21.4. The number of ether oxygens (including phenoxy) is 1. The minimum Gasteiger partial charge on any atom is -0.448 e. The fourth-order valence-corrected chi connectivity index (χ4v) is 6.04. The zero-order valence-corrected chi connectivity index (χ0v) is 20.4. The van der Waals surface area contributed by atoms with E-state index in [-0.39, 0.29) is 24.1 Å². The first-order valence-electron chi connectivity index (χ1n) is 12.6. The van der Waals surface area contributed by atoms with Gasteiger partial charge in [-0.05, 0) is 71.2 Å². The van der Waals surface area contributed by atoms with Crippen molar-refractivity contribution < 1.29 is 9.53 Å². The number of rotatable bonds is 4. The maximum absolute atomic E-state index is 13.4. The normalized spacial score (nSPS) is 20.6. The second kappa shape index (κ2) is 8.88. The Bertz CT molecular complexity index is 1240. The molecule has 5 heteroatoms. The highest BCUT2D eigenvalue weighted by atomic mass is 16.6. The molecule has 1 saturated heterocycles. The third-order valence-electron chi connectivity index (χ3n) is 7.76. The van der Waals surface area contributed by atoms with E-state index in [0.717, 1.165) is 37.1 Å². The highest BCUT2D eigenvalue weighted by Crippen LogP contribution is 2.45. The first-order valence-corrected chi connectivity index (χ1v) is 12.6. The molecule has 3 heterocycles. The maximum Gasteiger partial charge on any atom is 0.410 e. The van der Waals surface area contributed by atoms with Crippen LogP contribution < -0.4 is 4.90 Å². The standard InChI is InChI=1S/C30H31N3O2/c1-32(2)29-15-14-20(18-31-29)21-16-22-8-7-9-23(17-21)33(22)30(34)35-19-28-26-12-5-3-10-24(26)25-11-4-6-13-27(25)28/h3-6,10-16,18,22-23,28H,7-9,17,19H2,1-2H3. The van der Waals surface area contributed by atoms with E-state index in [1.165, 1.54) is 27.8 Å². The molecule has 2 aromatic carbocycles. The summed E-state index contributed by atoms with van der Waals surface area (Å²) < 4.78 is 6.04. The number of benzene rings is 2. The minimum absolute atomic E-state index is 0.0849. The quantitative estimate of drug-likeness (QED) is 0.467. The van der Waals surface area contributed by atoms with E-state index >= 15 is 0 Å². The molecule has 2 aliphatic heterocycles. The van der Waals surface area contributed by atoms with Crippen molar-refractivity contribution in [3.63, 3.8) is 0 Å². The van der Waals surface area contributed by atoms with Gasteiger partial charge < -0.3 is 9.64 Å². The van der Waals surface area contributed by atoms with Crippen LogP contribution in [0.4, 0.5) is 10.6 Å². The highest BCUT2D eigenvalue weighted by Gasteiger charge is 2.39. The molecule has 0 saturated carbocycles. The van der Waals surface area contributed by atoms with Crippen molar-refractivity contribution in [2.75, 3.05) is 25.6 Å². The minimum atomic E-state index is -0.182. The monoisotopic (exact) mass is 465 g/mol. The number of anilines is 1. The van der Waals surface area contributed by atoms with Gasteiger partial charge in [0.1, 0.15) is 12.4 Å². The number of piperidine rings is 1. The summed E-state index contributed by atoms with van der Waals surface area (Å²) >= 11 is 0. The molecule has 0 N–H and O–H groups in total. The Hall–Kier alpha value is -3.60. The highest BCUT2D eigenvalue weighted by molar-refractivity contribution is 5.79. The van der Waals surface area contributed by atoms with E-state index in [1.807, 2.05) is 30.1 Å². The summed E-state index contributed by atoms with van der Waals surface area (Å²) in [5, 5.41) is 0. The van der Waals surface area contributed by atoms with Crippen LogP contribution in [-0.2, 0) is 4.74 Å². The summed E-state index contributed by atoms with van der Waals surface area (Å²) in [5.74, 6) is 1.04. The van der Waals surface area contributed by atoms with Gasteiger partial charge in [-0.1, -0.05) is 54.6 Å².